The van der Waals surface area contributed by atoms with Crippen molar-refractivity contribution < 1.29 is 4.94 Å². The van der Waals surface area contributed by atoms with Crippen LogP contribution in [0.15, 0.2) is 0 Å². The van der Waals surface area contributed by atoms with Gasteiger partial charge in [-0.1, -0.05) is 19.3 Å². The van der Waals surface area contributed by atoms with Crippen LogP contribution < -0.4 is 0 Å². The maximum absolute atomic E-state index is 11.4. The monoisotopic (exact) mass is 200 g/mol. The molecule has 1 saturated heterocycles. The lowest BCUT2D eigenvalue weighted by molar-refractivity contribution is -0.301. The molecule has 2 unspecified atom stereocenters. The lowest BCUT2D eigenvalue weighted by Crippen LogP contribution is -2.36. The molecule has 5 nitrogen and oxygen atoms in total. The maximum atomic E-state index is 11.4. The van der Waals surface area contributed by atoms with Crippen LogP contribution in [0.25, 0.3) is 0 Å². The van der Waals surface area contributed by atoms with Gasteiger partial charge in [0.25, 0.3) is 0 Å². The van der Waals surface area contributed by atoms with Crippen molar-refractivity contribution in [3.63, 3.8) is 0 Å². The third-order valence-corrected chi connectivity index (χ3v) is 3.17. The van der Waals surface area contributed by atoms with Gasteiger partial charge in [0.15, 0.2) is 0 Å². The van der Waals surface area contributed by atoms with Crippen molar-refractivity contribution in [2.45, 2.75) is 57.0 Å². The van der Waals surface area contributed by atoms with Crippen molar-refractivity contribution in [1.82, 2.24) is 10.5 Å². The van der Waals surface area contributed by atoms with E-state index in [1.165, 1.54) is 0 Å². The van der Waals surface area contributed by atoms with Crippen molar-refractivity contribution >= 4 is 0 Å². The van der Waals surface area contributed by atoms with Gasteiger partial charge in [0.2, 0.25) is 0 Å². The lowest BCUT2D eigenvalue weighted by Gasteiger charge is -2.41. The first-order valence-corrected chi connectivity index (χ1v) is 5.38. The van der Waals surface area contributed by atoms with E-state index in [-0.39, 0.29) is 12.1 Å². The fraction of sp³-hybridized carbons (Fsp3) is 1.00. The van der Waals surface area contributed by atoms with E-state index in [4.69, 9.17) is 0 Å². The van der Waals surface area contributed by atoms with Gasteiger partial charge in [0.05, 0.1) is 0 Å². The van der Waals surface area contributed by atoms with E-state index in [0.717, 1.165) is 44.9 Å². The smallest absolute Gasteiger partial charge is 0.0238 e. The number of hydrogen-bond donors (Lipinski definition) is 0. The Morgan fingerprint density at radius 1 is 0.786 bits per heavy atom. The second kappa shape index (κ2) is 4.55. The van der Waals surface area contributed by atoms with E-state index in [0.29, 0.717) is 10.5 Å². The fourth-order valence-electron chi connectivity index (χ4n) is 2.24. The van der Waals surface area contributed by atoms with Crippen LogP contribution in [0.4, 0.5) is 0 Å². The van der Waals surface area contributed by atoms with Gasteiger partial charge in [0.1, 0.15) is 0 Å². The Bertz CT molecular complexity index is 173. The zero-order valence-corrected chi connectivity index (χ0v) is 8.22. The highest BCUT2D eigenvalue weighted by atomic mass is 17.1. The lowest BCUT2D eigenvalue weighted by atomic mass is 10.0. The van der Waals surface area contributed by atoms with Gasteiger partial charge in [-0.15, -0.1) is 0 Å². The largest absolute Gasteiger partial charge is 0.760 e. The molecular formula is C9H16N2O3-2. The van der Waals surface area contributed by atoms with Crippen LogP contribution in [0.1, 0.15) is 44.9 Å². The summed E-state index contributed by atoms with van der Waals surface area (Å²) in [5.74, 6) is 0. The summed E-state index contributed by atoms with van der Waals surface area (Å²) in [7, 11) is 0. The Morgan fingerprint density at radius 3 is 1.79 bits per heavy atom. The molecule has 0 aromatic carbocycles. The summed E-state index contributed by atoms with van der Waals surface area (Å²) in [5.41, 5.74) is 0. The van der Waals surface area contributed by atoms with Crippen molar-refractivity contribution in [1.29, 1.82) is 0 Å². The molecule has 0 N–H and O–H groups in total. The first-order chi connectivity index (χ1) is 6.77. The Kier molecular flexibility index (Phi) is 3.35. The molecule has 1 aliphatic carbocycles. The van der Waals surface area contributed by atoms with E-state index in [2.05, 4.69) is 4.94 Å². The molecule has 0 radical (unpaired) electrons. The van der Waals surface area contributed by atoms with Crippen LogP contribution in [-0.2, 0) is 4.94 Å². The molecule has 2 fully saturated rings. The molecule has 0 spiro atoms. The molecule has 1 heterocycles. The van der Waals surface area contributed by atoms with Gasteiger partial charge < -0.3 is 10.4 Å². The van der Waals surface area contributed by atoms with E-state index < -0.39 is 0 Å². The molecule has 0 aromatic heterocycles. The normalized spacial score (nSPS) is 37.3. The van der Waals surface area contributed by atoms with Crippen LogP contribution in [0, 0.1) is 10.4 Å². The zero-order chi connectivity index (χ0) is 9.97. The number of nitrogens with zero attached hydrogens (tertiary/aromatic N) is 2. The van der Waals surface area contributed by atoms with Gasteiger partial charge in [-0.3, -0.25) is 0 Å². The first-order valence-electron chi connectivity index (χ1n) is 5.38. The average Bonchev–Trinajstić information content (AvgIpc) is 2.28. The van der Waals surface area contributed by atoms with Crippen LogP contribution >= 0.6 is 0 Å². The van der Waals surface area contributed by atoms with Crippen molar-refractivity contribution in [2.75, 3.05) is 0 Å². The molecule has 1 saturated carbocycles. The van der Waals surface area contributed by atoms with E-state index in [1.807, 2.05) is 0 Å². The van der Waals surface area contributed by atoms with Gasteiger partial charge in [-0.05, 0) is 25.7 Å². The molecule has 0 aromatic rings. The summed E-state index contributed by atoms with van der Waals surface area (Å²) in [6.07, 6.45) is 6.53. The third-order valence-electron chi connectivity index (χ3n) is 3.17. The molecular weight excluding hydrogens is 184 g/mol. The minimum atomic E-state index is -0.116. The highest BCUT2D eigenvalue weighted by Gasteiger charge is 2.23. The molecule has 82 valence electrons. The van der Waals surface area contributed by atoms with Gasteiger partial charge in [-0.25, -0.2) is 15.4 Å². The minimum absolute atomic E-state index is 0.116. The molecule has 2 rings (SSSR count). The summed E-state index contributed by atoms with van der Waals surface area (Å²) in [6.45, 7) is 0. The van der Waals surface area contributed by atoms with E-state index >= 15 is 0 Å². The predicted molar refractivity (Wildman–Crippen MR) is 51.4 cm³/mol. The highest BCUT2D eigenvalue weighted by Crippen LogP contribution is 2.27. The average molecular weight is 200 g/mol. The third kappa shape index (κ3) is 2.24. The molecule has 2 bridgehead atoms. The summed E-state index contributed by atoms with van der Waals surface area (Å²) < 4.78 is 0. The maximum Gasteiger partial charge on any atom is 0.0238 e. The second-order valence-electron chi connectivity index (χ2n) is 4.18. The van der Waals surface area contributed by atoms with Crippen LogP contribution in [-0.4, -0.2) is 22.5 Å². The quantitative estimate of drug-likeness (QED) is 0.597. The minimum Gasteiger partial charge on any atom is -0.760 e. The van der Waals surface area contributed by atoms with Crippen molar-refractivity contribution in [2.24, 2.45) is 0 Å². The topological polar surface area (TPSA) is 61.8 Å². The summed E-state index contributed by atoms with van der Waals surface area (Å²) in [6, 6.07) is -0.232. The first kappa shape index (κ1) is 10.3. The standard InChI is InChI=1S/C9H16N2O3/c12-10-8-4-2-1-3-5-9(7-6-8)11(13)14-10/h8-9H,1-7H2/q-2. The summed E-state index contributed by atoms with van der Waals surface area (Å²) in [5, 5.41) is 23.7. The van der Waals surface area contributed by atoms with Crippen molar-refractivity contribution in [3.8, 4) is 0 Å². The summed E-state index contributed by atoms with van der Waals surface area (Å²) >= 11 is 0. The Labute approximate surface area is 83.7 Å². The van der Waals surface area contributed by atoms with Gasteiger partial charge in [0, 0.05) is 12.1 Å². The molecule has 14 heavy (non-hydrogen) atoms. The summed E-state index contributed by atoms with van der Waals surface area (Å²) in [4.78, 5) is 4.67. The molecule has 1 aliphatic heterocycles. The molecule has 2 atom stereocenters. The van der Waals surface area contributed by atoms with Gasteiger partial charge in [-0.2, -0.15) is 0 Å². The Balaban J connectivity index is 2.07. The van der Waals surface area contributed by atoms with Crippen LogP contribution in [0.2, 0.25) is 0 Å². The number of hydrogen-bond acceptors (Lipinski definition) is 5. The van der Waals surface area contributed by atoms with Crippen LogP contribution in [0.5, 0.6) is 0 Å². The number of hydroxylamine groups is 4. The van der Waals surface area contributed by atoms with E-state index in [1.54, 1.807) is 0 Å². The number of fused-ring (bicyclic) bond motifs is 3. The number of rotatable bonds is 0. The van der Waals surface area contributed by atoms with Crippen molar-refractivity contribution in [3.05, 3.63) is 10.4 Å². The molecule has 2 aliphatic rings. The van der Waals surface area contributed by atoms with Gasteiger partial charge >= 0.3 is 0 Å². The zero-order valence-electron chi connectivity index (χ0n) is 8.22. The predicted octanol–water partition coefficient (Wildman–Crippen LogP) is 1.93. The molecule has 0 amide bonds. The highest BCUT2D eigenvalue weighted by molar-refractivity contribution is 4.78. The Morgan fingerprint density at radius 2 is 1.29 bits per heavy atom. The van der Waals surface area contributed by atoms with Crippen LogP contribution in [0.3, 0.4) is 0 Å². The second-order valence-corrected chi connectivity index (χ2v) is 4.18. The SMILES string of the molecule is [O-]N1ON([O-])C2CCCCCC1CC2. The van der Waals surface area contributed by atoms with E-state index in [9.17, 15) is 10.4 Å². The fourth-order valence-corrected chi connectivity index (χ4v) is 2.24. The molecule has 5 heteroatoms. The Hall–Kier alpha value is -0.200.